The van der Waals surface area contributed by atoms with Gasteiger partial charge in [0, 0.05) is 11.4 Å². The number of aryl methyl sites for hydroxylation is 1. The third-order valence-electron chi connectivity index (χ3n) is 2.67. The van der Waals surface area contributed by atoms with Gasteiger partial charge in [0.25, 0.3) is 0 Å². The van der Waals surface area contributed by atoms with Crippen LogP contribution in [0.4, 0.5) is 0 Å². The maximum atomic E-state index is 12.0. The Morgan fingerprint density at radius 2 is 1.89 bits per heavy atom. The Morgan fingerprint density at radius 3 is 2.42 bits per heavy atom. The number of carbonyl (C=O) groups excluding carboxylic acids is 2. The lowest BCUT2D eigenvalue weighted by Crippen LogP contribution is -2.37. The number of ether oxygens (including phenoxy) is 1. The molecule has 104 valence electrons. The van der Waals surface area contributed by atoms with Gasteiger partial charge in [-0.2, -0.15) is 0 Å². The third-order valence-corrected chi connectivity index (χ3v) is 3.66. The first kappa shape index (κ1) is 15.6. The summed E-state index contributed by atoms with van der Waals surface area (Å²) in [6.45, 7) is 4.38. The minimum Gasteiger partial charge on any atom is -0.468 e. The van der Waals surface area contributed by atoms with Crippen LogP contribution in [0, 0.1) is 6.92 Å². The van der Waals surface area contributed by atoms with E-state index in [0.29, 0.717) is 12.3 Å². The van der Waals surface area contributed by atoms with E-state index in [4.69, 9.17) is 0 Å². The lowest BCUT2D eigenvalue weighted by atomic mass is 10.2. The van der Waals surface area contributed by atoms with Gasteiger partial charge in [-0.05, 0) is 26.0 Å². The zero-order valence-electron chi connectivity index (χ0n) is 11.5. The van der Waals surface area contributed by atoms with Crippen LogP contribution in [0.25, 0.3) is 0 Å². The van der Waals surface area contributed by atoms with Crippen molar-refractivity contribution in [2.24, 2.45) is 0 Å². The number of amides is 1. The Kier molecular flexibility index (Phi) is 6.42. The molecule has 0 heterocycles. The number of nitrogens with zero attached hydrogens (tertiary/aromatic N) is 1. The second kappa shape index (κ2) is 7.84. The summed E-state index contributed by atoms with van der Waals surface area (Å²) in [6, 6.07) is 8.01. The predicted molar refractivity (Wildman–Crippen MR) is 76.2 cm³/mol. The van der Waals surface area contributed by atoms with E-state index in [1.807, 2.05) is 38.1 Å². The van der Waals surface area contributed by atoms with E-state index in [0.717, 1.165) is 4.90 Å². The van der Waals surface area contributed by atoms with Crippen molar-refractivity contribution in [2.75, 3.05) is 26.0 Å². The van der Waals surface area contributed by atoms with Crippen molar-refractivity contribution in [1.29, 1.82) is 0 Å². The van der Waals surface area contributed by atoms with Gasteiger partial charge >= 0.3 is 5.97 Å². The average molecular weight is 281 g/mol. The van der Waals surface area contributed by atoms with Crippen LogP contribution in [0.2, 0.25) is 0 Å². The Morgan fingerprint density at radius 1 is 1.26 bits per heavy atom. The molecule has 0 bridgehead atoms. The van der Waals surface area contributed by atoms with Gasteiger partial charge in [0.15, 0.2) is 0 Å². The lowest BCUT2D eigenvalue weighted by molar-refractivity contribution is -0.146. The number of hydrogen-bond acceptors (Lipinski definition) is 4. The zero-order chi connectivity index (χ0) is 14.3. The van der Waals surface area contributed by atoms with Crippen LogP contribution in [-0.2, 0) is 14.3 Å². The average Bonchev–Trinajstić information content (AvgIpc) is 2.43. The highest BCUT2D eigenvalue weighted by molar-refractivity contribution is 8.00. The summed E-state index contributed by atoms with van der Waals surface area (Å²) in [5, 5.41) is 0. The van der Waals surface area contributed by atoms with Crippen molar-refractivity contribution in [2.45, 2.75) is 18.7 Å². The summed E-state index contributed by atoms with van der Waals surface area (Å²) < 4.78 is 4.57. The molecule has 0 aliphatic heterocycles. The molecule has 4 nitrogen and oxygen atoms in total. The van der Waals surface area contributed by atoms with E-state index in [9.17, 15) is 9.59 Å². The highest BCUT2D eigenvalue weighted by Gasteiger charge is 2.15. The summed E-state index contributed by atoms with van der Waals surface area (Å²) in [5.74, 6) is -0.123. The van der Waals surface area contributed by atoms with E-state index in [1.54, 1.807) is 0 Å². The molecule has 5 heteroatoms. The van der Waals surface area contributed by atoms with Gasteiger partial charge in [-0.15, -0.1) is 11.8 Å². The molecule has 0 saturated heterocycles. The Balaban J connectivity index is 2.48. The normalized spacial score (nSPS) is 10.1. The summed E-state index contributed by atoms with van der Waals surface area (Å²) >= 11 is 1.47. The molecule has 0 radical (unpaired) electrons. The Labute approximate surface area is 118 Å². The number of thioether (sulfide) groups is 1. The fourth-order valence-electron chi connectivity index (χ4n) is 1.47. The zero-order valence-corrected chi connectivity index (χ0v) is 12.3. The van der Waals surface area contributed by atoms with E-state index in [-0.39, 0.29) is 12.5 Å². The van der Waals surface area contributed by atoms with Gasteiger partial charge in [-0.25, -0.2) is 0 Å². The van der Waals surface area contributed by atoms with Crippen LogP contribution in [-0.4, -0.2) is 42.7 Å². The molecular weight excluding hydrogens is 262 g/mol. The van der Waals surface area contributed by atoms with Crippen molar-refractivity contribution in [3.8, 4) is 0 Å². The maximum absolute atomic E-state index is 12.0. The first-order valence-corrected chi connectivity index (χ1v) is 7.09. The maximum Gasteiger partial charge on any atom is 0.325 e. The molecule has 0 aliphatic carbocycles. The van der Waals surface area contributed by atoms with E-state index in [2.05, 4.69) is 4.74 Å². The molecule has 19 heavy (non-hydrogen) atoms. The quantitative estimate of drug-likeness (QED) is 0.592. The molecule has 1 amide bonds. The van der Waals surface area contributed by atoms with Crippen molar-refractivity contribution in [3.63, 3.8) is 0 Å². The minimum atomic E-state index is -0.393. The van der Waals surface area contributed by atoms with Crippen LogP contribution in [0.3, 0.4) is 0 Å². The van der Waals surface area contributed by atoms with Crippen LogP contribution >= 0.6 is 11.8 Å². The SMILES string of the molecule is CCN(CC(=O)OC)C(=O)CSc1ccc(C)cc1. The number of carbonyl (C=O) groups is 2. The van der Waals surface area contributed by atoms with Crippen molar-refractivity contribution in [1.82, 2.24) is 4.90 Å². The van der Waals surface area contributed by atoms with E-state index >= 15 is 0 Å². The molecule has 1 rings (SSSR count). The Bertz CT molecular complexity index is 431. The second-order valence-corrected chi connectivity index (χ2v) is 5.13. The molecule has 0 spiro atoms. The number of methoxy groups -OCH3 is 1. The molecule has 0 N–H and O–H groups in total. The van der Waals surface area contributed by atoms with Crippen molar-refractivity contribution >= 4 is 23.6 Å². The van der Waals surface area contributed by atoms with Gasteiger partial charge in [0.1, 0.15) is 6.54 Å². The van der Waals surface area contributed by atoms with Gasteiger partial charge in [0.2, 0.25) is 5.91 Å². The fraction of sp³-hybridized carbons (Fsp3) is 0.429. The molecule has 0 aromatic heterocycles. The molecular formula is C14H19NO3S. The summed E-state index contributed by atoms with van der Waals surface area (Å²) in [6.07, 6.45) is 0. The smallest absolute Gasteiger partial charge is 0.325 e. The van der Waals surface area contributed by atoms with Crippen LogP contribution in [0.15, 0.2) is 29.2 Å². The van der Waals surface area contributed by atoms with E-state index < -0.39 is 5.97 Å². The largest absolute Gasteiger partial charge is 0.468 e. The summed E-state index contributed by atoms with van der Waals surface area (Å²) in [4.78, 5) is 25.7. The number of rotatable bonds is 6. The van der Waals surface area contributed by atoms with Gasteiger partial charge < -0.3 is 9.64 Å². The van der Waals surface area contributed by atoms with Crippen LogP contribution in [0.1, 0.15) is 12.5 Å². The van der Waals surface area contributed by atoms with Gasteiger partial charge in [0.05, 0.1) is 12.9 Å². The number of benzene rings is 1. The monoisotopic (exact) mass is 281 g/mol. The standard InChI is InChI=1S/C14H19NO3S/c1-4-15(9-14(17)18-3)13(16)10-19-12-7-5-11(2)6-8-12/h5-8H,4,9-10H2,1-3H3. The van der Waals surface area contributed by atoms with Gasteiger partial charge in [-0.3, -0.25) is 9.59 Å². The highest BCUT2D eigenvalue weighted by Crippen LogP contribution is 2.18. The number of likely N-dealkylation sites (N-methyl/N-ethyl adjacent to an activating group) is 1. The minimum absolute atomic E-state index is 0.0142. The molecule has 0 atom stereocenters. The topological polar surface area (TPSA) is 46.6 Å². The van der Waals surface area contributed by atoms with E-state index in [1.165, 1.54) is 29.3 Å². The van der Waals surface area contributed by atoms with Crippen LogP contribution < -0.4 is 0 Å². The van der Waals surface area contributed by atoms with Crippen LogP contribution in [0.5, 0.6) is 0 Å². The first-order valence-electron chi connectivity index (χ1n) is 6.11. The second-order valence-electron chi connectivity index (χ2n) is 4.09. The molecule has 0 unspecified atom stereocenters. The molecule has 1 aromatic rings. The number of hydrogen-bond donors (Lipinski definition) is 0. The fourth-order valence-corrected chi connectivity index (χ4v) is 2.27. The molecule has 0 aliphatic rings. The Hall–Kier alpha value is -1.49. The predicted octanol–water partition coefficient (Wildman–Crippen LogP) is 2.11. The lowest BCUT2D eigenvalue weighted by Gasteiger charge is -2.19. The molecule has 1 aromatic carbocycles. The van der Waals surface area contributed by atoms with Crippen molar-refractivity contribution in [3.05, 3.63) is 29.8 Å². The molecule has 0 fully saturated rings. The summed E-state index contributed by atoms with van der Waals surface area (Å²) in [7, 11) is 1.32. The van der Waals surface area contributed by atoms with Crippen molar-refractivity contribution < 1.29 is 14.3 Å². The third kappa shape index (κ3) is 5.34. The summed E-state index contributed by atoms with van der Waals surface area (Å²) in [5.41, 5.74) is 1.19. The first-order chi connectivity index (χ1) is 9.06. The number of esters is 1. The highest BCUT2D eigenvalue weighted by atomic mass is 32.2. The molecule has 0 saturated carbocycles. The van der Waals surface area contributed by atoms with Gasteiger partial charge in [-0.1, -0.05) is 17.7 Å².